The van der Waals surface area contributed by atoms with E-state index in [0.29, 0.717) is 18.0 Å². The normalized spacial score (nSPS) is 20.5. The van der Waals surface area contributed by atoms with Crippen molar-refractivity contribution in [3.63, 3.8) is 0 Å². The van der Waals surface area contributed by atoms with Crippen LogP contribution in [0.15, 0.2) is 48.5 Å². The molecular weight excluding hydrogens is 431 g/mol. The highest BCUT2D eigenvalue weighted by atomic mass is 19.1. The standard InChI is InChI=1S/C27H35FN4O2/c1-31(27(34)21-11-15-24(16-12-21)32-18-6-4-8-26(32)33)17-5-2-3-7-23-19-25(30-29-23)20-9-13-22(28)14-10-20/h9-16,23,25,29-30H,2-8,17-19H2,1H3. The lowest BCUT2D eigenvalue weighted by Gasteiger charge is -2.27. The lowest BCUT2D eigenvalue weighted by molar-refractivity contribution is -0.119. The summed E-state index contributed by atoms with van der Waals surface area (Å²) >= 11 is 0. The molecule has 2 aliphatic rings. The Morgan fingerprint density at radius 2 is 1.79 bits per heavy atom. The lowest BCUT2D eigenvalue weighted by atomic mass is 9.99. The summed E-state index contributed by atoms with van der Waals surface area (Å²) in [5.41, 5.74) is 9.31. The number of benzene rings is 2. The Balaban J connectivity index is 1.14. The van der Waals surface area contributed by atoms with Gasteiger partial charge in [0, 0.05) is 49.9 Å². The Hall–Kier alpha value is -2.77. The first kappa shape index (κ1) is 24.4. The number of nitrogens with one attached hydrogen (secondary N) is 2. The fraction of sp³-hybridized carbons (Fsp3) is 0.481. The Morgan fingerprint density at radius 3 is 2.53 bits per heavy atom. The molecule has 4 rings (SSSR count). The van der Waals surface area contributed by atoms with Crippen LogP contribution in [-0.2, 0) is 4.79 Å². The summed E-state index contributed by atoms with van der Waals surface area (Å²) in [6.07, 6.45) is 7.76. The second-order valence-corrected chi connectivity index (χ2v) is 9.45. The molecule has 182 valence electrons. The third-order valence-electron chi connectivity index (χ3n) is 6.90. The highest BCUT2D eigenvalue weighted by molar-refractivity contribution is 5.96. The van der Waals surface area contributed by atoms with E-state index in [0.717, 1.165) is 69.3 Å². The number of carbonyl (C=O) groups excluding carboxylic acids is 2. The van der Waals surface area contributed by atoms with Gasteiger partial charge in [-0.15, -0.1) is 0 Å². The number of rotatable bonds is 9. The van der Waals surface area contributed by atoms with Gasteiger partial charge in [0.1, 0.15) is 5.82 Å². The van der Waals surface area contributed by atoms with E-state index < -0.39 is 0 Å². The van der Waals surface area contributed by atoms with E-state index in [2.05, 4.69) is 10.9 Å². The van der Waals surface area contributed by atoms with Gasteiger partial charge < -0.3 is 9.80 Å². The maximum absolute atomic E-state index is 13.1. The predicted molar refractivity (Wildman–Crippen MR) is 132 cm³/mol. The molecule has 0 bridgehead atoms. The summed E-state index contributed by atoms with van der Waals surface area (Å²) < 4.78 is 13.1. The van der Waals surface area contributed by atoms with Crippen LogP contribution in [0.3, 0.4) is 0 Å². The molecule has 2 heterocycles. The van der Waals surface area contributed by atoms with Gasteiger partial charge in [-0.2, -0.15) is 0 Å². The fourth-order valence-electron chi connectivity index (χ4n) is 4.83. The minimum absolute atomic E-state index is 0.0142. The third-order valence-corrected chi connectivity index (χ3v) is 6.90. The summed E-state index contributed by atoms with van der Waals surface area (Å²) in [6.45, 7) is 1.48. The van der Waals surface area contributed by atoms with Crippen molar-refractivity contribution in [2.24, 2.45) is 0 Å². The van der Waals surface area contributed by atoms with Crippen molar-refractivity contribution in [1.29, 1.82) is 0 Å². The molecule has 2 unspecified atom stereocenters. The number of amides is 2. The number of nitrogens with zero attached hydrogens (tertiary/aromatic N) is 2. The minimum Gasteiger partial charge on any atom is -0.342 e. The molecule has 2 aromatic carbocycles. The first-order chi connectivity index (χ1) is 16.5. The van der Waals surface area contributed by atoms with E-state index in [9.17, 15) is 14.0 Å². The molecule has 0 saturated carbocycles. The first-order valence-corrected chi connectivity index (χ1v) is 12.4. The molecule has 6 nitrogen and oxygen atoms in total. The van der Waals surface area contributed by atoms with Gasteiger partial charge in [0.2, 0.25) is 5.91 Å². The molecule has 2 aromatic rings. The zero-order valence-corrected chi connectivity index (χ0v) is 19.9. The van der Waals surface area contributed by atoms with Crippen LogP contribution in [0, 0.1) is 5.82 Å². The van der Waals surface area contributed by atoms with Crippen molar-refractivity contribution < 1.29 is 14.0 Å². The Bertz CT molecular complexity index is 964. The van der Waals surface area contributed by atoms with E-state index in [1.807, 2.05) is 48.3 Å². The molecule has 2 saturated heterocycles. The number of halogens is 1. The van der Waals surface area contributed by atoms with E-state index in [1.165, 1.54) is 12.1 Å². The van der Waals surface area contributed by atoms with Gasteiger partial charge in [0.25, 0.3) is 5.91 Å². The van der Waals surface area contributed by atoms with E-state index in [-0.39, 0.29) is 23.7 Å². The quantitative estimate of drug-likeness (QED) is 0.531. The van der Waals surface area contributed by atoms with Crippen LogP contribution in [0.25, 0.3) is 0 Å². The maximum atomic E-state index is 13.1. The number of hydrazine groups is 1. The van der Waals surface area contributed by atoms with Crippen LogP contribution >= 0.6 is 0 Å². The Kier molecular flexibility index (Phi) is 8.29. The van der Waals surface area contributed by atoms with Crippen molar-refractivity contribution in [2.45, 2.75) is 63.5 Å². The molecule has 2 aliphatic heterocycles. The zero-order chi connectivity index (χ0) is 23.9. The lowest BCUT2D eigenvalue weighted by Crippen LogP contribution is -2.35. The fourth-order valence-corrected chi connectivity index (χ4v) is 4.83. The van der Waals surface area contributed by atoms with E-state index >= 15 is 0 Å². The van der Waals surface area contributed by atoms with Gasteiger partial charge in [-0.05, 0) is 74.1 Å². The molecule has 0 aliphatic carbocycles. The summed E-state index contributed by atoms with van der Waals surface area (Å²) in [6, 6.07) is 14.7. The van der Waals surface area contributed by atoms with Gasteiger partial charge in [0.15, 0.2) is 0 Å². The molecule has 7 heteroatoms. The smallest absolute Gasteiger partial charge is 0.253 e. The minimum atomic E-state index is -0.208. The number of anilines is 1. The monoisotopic (exact) mass is 466 g/mol. The van der Waals surface area contributed by atoms with Gasteiger partial charge in [0.05, 0.1) is 0 Å². The number of hydrogen-bond donors (Lipinski definition) is 2. The average molecular weight is 467 g/mol. The number of carbonyl (C=O) groups is 2. The number of unbranched alkanes of at least 4 members (excludes halogenated alkanes) is 2. The van der Waals surface area contributed by atoms with Crippen LogP contribution in [0.2, 0.25) is 0 Å². The molecule has 2 amide bonds. The van der Waals surface area contributed by atoms with Crippen LogP contribution in [-0.4, -0.2) is 42.9 Å². The highest BCUT2D eigenvalue weighted by Gasteiger charge is 2.24. The molecule has 2 atom stereocenters. The van der Waals surface area contributed by atoms with Gasteiger partial charge in [-0.3, -0.25) is 20.4 Å². The second-order valence-electron chi connectivity index (χ2n) is 9.45. The van der Waals surface area contributed by atoms with Gasteiger partial charge in [-0.25, -0.2) is 4.39 Å². The SMILES string of the molecule is CN(CCCCCC1CC(c2ccc(F)cc2)NN1)C(=O)c1ccc(N2CCCCC2=O)cc1. The topological polar surface area (TPSA) is 64.7 Å². The third kappa shape index (κ3) is 6.21. The van der Waals surface area contributed by atoms with Crippen molar-refractivity contribution >= 4 is 17.5 Å². The summed E-state index contributed by atoms with van der Waals surface area (Å²) in [5.74, 6) is -0.0296. The molecule has 2 fully saturated rings. The van der Waals surface area contributed by atoms with Crippen LogP contribution in [0.4, 0.5) is 10.1 Å². The average Bonchev–Trinajstić information content (AvgIpc) is 3.33. The Labute approximate surface area is 201 Å². The summed E-state index contributed by atoms with van der Waals surface area (Å²) in [4.78, 5) is 28.5. The molecule has 34 heavy (non-hydrogen) atoms. The summed E-state index contributed by atoms with van der Waals surface area (Å²) in [5, 5.41) is 0. The van der Waals surface area contributed by atoms with Crippen molar-refractivity contribution in [3.8, 4) is 0 Å². The molecule has 2 N–H and O–H groups in total. The molecular formula is C27H35FN4O2. The molecule has 0 spiro atoms. The largest absolute Gasteiger partial charge is 0.342 e. The number of hydrogen-bond acceptors (Lipinski definition) is 4. The van der Waals surface area contributed by atoms with E-state index in [4.69, 9.17) is 0 Å². The second kappa shape index (κ2) is 11.6. The van der Waals surface area contributed by atoms with Crippen molar-refractivity contribution in [3.05, 3.63) is 65.5 Å². The number of piperidine rings is 1. The highest BCUT2D eigenvalue weighted by Crippen LogP contribution is 2.25. The van der Waals surface area contributed by atoms with Crippen molar-refractivity contribution in [2.75, 3.05) is 25.0 Å². The van der Waals surface area contributed by atoms with E-state index in [1.54, 1.807) is 4.90 Å². The van der Waals surface area contributed by atoms with Crippen LogP contribution in [0.5, 0.6) is 0 Å². The summed E-state index contributed by atoms with van der Waals surface area (Å²) in [7, 11) is 1.85. The van der Waals surface area contributed by atoms with Gasteiger partial charge in [-0.1, -0.05) is 25.0 Å². The first-order valence-electron chi connectivity index (χ1n) is 12.4. The van der Waals surface area contributed by atoms with Gasteiger partial charge >= 0.3 is 0 Å². The Morgan fingerprint density at radius 1 is 1.03 bits per heavy atom. The van der Waals surface area contributed by atoms with Crippen molar-refractivity contribution in [1.82, 2.24) is 15.8 Å². The maximum Gasteiger partial charge on any atom is 0.253 e. The van der Waals surface area contributed by atoms with Crippen LogP contribution in [0.1, 0.15) is 73.3 Å². The predicted octanol–water partition coefficient (Wildman–Crippen LogP) is 4.58. The molecule has 0 radical (unpaired) electrons. The van der Waals surface area contributed by atoms with Crippen LogP contribution < -0.4 is 15.8 Å². The zero-order valence-electron chi connectivity index (χ0n) is 19.9. The molecule has 0 aromatic heterocycles.